The van der Waals surface area contributed by atoms with Crippen LogP contribution < -0.4 is 10.6 Å². The van der Waals surface area contributed by atoms with Crippen LogP contribution in [0.15, 0.2) is 97.1 Å². The molecular weight excluding hydrogens is 569 g/mol. The van der Waals surface area contributed by atoms with E-state index in [4.69, 9.17) is 23.2 Å². The molecule has 0 unspecified atom stereocenters. The first-order valence-corrected chi connectivity index (χ1v) is 16.8. The predicted octanol–water partition coefficient (Wildman–Crippen LogP) is 10.4. The highest BCUT2D eigenvalue weighted by atomic mass is 35.5. The lowest BCUT2D eigenvalue weighted by Crippen LogP contribution is -2.30. The van der Waals surface area contributed by atoms with Crippen molar-refractivity contribution in [2.75, 3.05) is 6.54 Å². The van der Waals surface area contributed by atoms with Gasteiger partial charge in [-0.3, -0.25) is 4.44 Å². The van der Waals surface area contributed by atoms with Crippen LogP contribution >= 0.6 is 39.3 Å². The summed E-state index contributed by atoms with van der Waals surface area (Å²) in [4.78, 5) is 0. The van der Waals surface area contributed by atoms with Gasteiger partial charge >= 0.3 is 0 Å². The first kappa shape index (κ1) is 28.7. The number of nitrogens with zero attached hydrogens (tertiary/aromatic N) is 1. The van der Waals surface area contributed by atoms with Gasteiger partial charge in [0.2, 0.25) is 0 Å². The zero-order chi connectivity index (χ0) is 27.4. The van der Waals surface area contributed by atoms with E-state index in [0.717, 1.165) is 32.2 Å². The van der Waals surface area contributed by atoms with Gasteiger partial charge in [-0.05, 0) is 74.9 Å². The van der Waals surface area contributed by atoms with E-state index < -0.39 is 27.8 Å². The van der Waals surface area contributed by atoms with Crippen molar-refractivity contribution in [3.05, 3.63) is 130 Å². The summed E-state index contributed by atoms with van der Waals surface area (Å²) in [5, 5.41) is 1.66. The minimum atomic E-state index is -1.54. The molecule has 7 heteroatoms. The third kappa shape index (κ3) is 6.40. The van der Waals surface area contributed by atoms with E-state index in [1.807, 2.05) is 12.1 Å². The Labute approximate surface area is 242 Å². The fourth-order valence-corrected chi connectivity index (χ4v) is 13.2. The number of rotatable bonds is 9. The first-order chi connectivity index (χ1) is 19.0. The molecule has 1 aliphatic rings. The minimum Gasteiger partial charge on any atom is -0.251 e. The lowest BCUT2D eigenvalue weighted by atomic mass is 10.0. The van der Waals surface area contributed by atoms with Crippen LogP contribution in [-0.2, 0) is 0 Å². The molecule has 0 radical (unpaired) electrons. The standard InChI is InChI=1S/C32H31Cl2F2NP2/c1-2-3-20-37(39(31-16-14-25(33)21-27(31)35)32-17-15-26(34)22-28(32)36)38-29(23-10-6-4-7-11-23)18-19-30(38)24-12-8-5-9-13-24/h4-17,21-22,29-30H,2-3,18-20H2,1H3/t29-,30-/m0/s1. The third-order valence-electron chi connectivity index (χ3n) is 7.21. The molecule has 1 fully saturated rings. The van der Waals surface area contributed by atoms with Gasteiger partial charge in [0.05, 0.1) is 0 Å². The number of unbranched alkanes of at least 4 members (excludes halogenated alkanes) is 1. The SMILES string of the molecule is CCCCN(P(c1ccc(Cl)cc1F)c1ccc(Cl)cc1F)P1[C@H](c2ccccc2)CC[C@H]1c1ccccc1. The molecule has 4 aromatic rings. The average Bonchev–Trinajstić information content (AvgIpc) is 3.38. The molecule has 4 aromatic carbocycles. The second-order valence-electron chi connectivity index (χ2n) is 9.76. The predicted molar refractivity (Wildman–Crippen MR) is 165 cm³/mol. The Balaban J connectivity index is 1.72. The molecular formula is C32H31Cl2F2NP2. The van der Waals surface area contributed by atoms with E-state index in [0.29, 0.717) is 32.0 Å². The molecule has 1 nitrogen and oxygen atoms in total. The third-order valence-corrected chi connectivity index (χ3v) is 14.3. The Bertz CT molecular complexity index is 1290. The van der Waals surface area contributed by atoms with Crippen LogP contribution in [-0.4, -0.2) is 11.0 Å². The van der Waals surface area contributed by atoms with E-state index in [-0.39, 0.29) is 0 Å². The van der Waals surface area contributed by atoms with Gasteiger partial charge in [-0.25, -0.2) is 8.78 Å². The van der Waals surface area contributed by atoms with Crippen LogP contribution in [0.4, 0.5) is 8.78 Å². The summed E-state index contributed by atoms with van der Waals surface area (Å²) in [6.45, 7) is 2.92. The van der Waals surface area contributed by atoms with Crippen molar-refractivity contribution in [2.45, 2.75) is 43.9 Å². The molecule has 1 saturated heterocycles. The summed E-state index contributed by atoms with van der Waals surface area (Å²) in [5.41, 5.74) is 3.18. The fourth-order valence-electron chi connectivity index (χ4n) is 5.41. The van der Waals surface area contributed by atoms with Crippen molar-refractivity contribution < 1.29 is 8.78 Å². The van der Waals surface area contributed by atoms with Crippen LogP contribution in [0.2, 0.25) is 10.0 Å². The Morgan fingerprint density at radius 1 is 0.744 bits per heavy atom. The van der Waals surface area contributed by atoms with Crippen molar-refractivity contribution in [1.82, 2.24) is 4.44 Å². The van der Waals surface area contributed by atoms with Gasteiger partial charge in [0.25, 0.3) is 0 Å². The smallest absolute Gasteiger partial charge is 0.133 e. The van der Waals surface area contributed by atoms with Crippen molar-refractivity contribution >= 4 is 50.0 Å². The number of halogens is 4. The molecule has 39 heavy (non-hydrogen) atoms. The van der Waals surface area contributed by atoms with E-state index in [2.05, 4.69) is 59.9 Å². The largest absolute Gasteiger partial charge is 0.251 e. The van der Waals surface area contributed by atoms with Gasteiger partial charge in [0, 0.05) is 46.6 Å². The highest BCUT2D eigenvalue weighted by Crippen LogP contribution is 2.76. The van der Waals surface area contributed by atoms with Gasteiger partial charge in [-0.15, -0.1) is 0 Å². The molecule has 0 amide bonds. The molecule has 0 spiro atoms. The highest BCUT2D eigenvalue weighted by molar-refractivity contribution is 7.79. The van der Waals surface area contributed by atoms with Crippen LogP contribution in [0.3, 0.4) is 0 Å². The normalized spacial score (nSPS) is 17.8. The summed E-state index contributed by atoms with van der Waals surface area (Å²) >= 11 is 12.4. The molecule has 0 aliphatic carbocycles. The van der Waals surface area contributed by atoms with Crippen LogP contribution in [0.25, 0.3) is 0 Å². The van der Waals surface area contributed by atoms with Crippen molar-refractivity contribution in [3.8, 4) is 0 Å². The second kappa shape index (κ2) is 13.2. The zero-order valence-corrected chi connectivity index (χ0v) is 25.1. The lowest BCUT2D eigenvalue weighted by Gasteiger charge is -2.42. The molecule has 1 aliphatic heterocycles. The quantitative estimate of drug-likeness (QED) is 0.173. The van der Waals surface area contributed by atoms with Crippen molar-refractivity contribution in [1.29, 1.82) is 0 Å². The van der Waals surface area contributed by atoms with E-state index in [1.165, 1.54) is 23.3 Å². The number of benzene rings is 4. The summed E-state index contributed by atoms with van der Waals surface area (Å²) in [7, 11) is -2.41. The molecule has 1 heterocycles. The Morgan fingerprint density at radius 3 is 1.62 bits per heavy atom. The molecule has 0 saturated carbocycles. The maximum absolute atomic E-state index is 15.8. The van der Waals surface area contributed by atoms with Gasteiger partial charge in [-0.1, -0.05) is 97.2 Å². The van der Waals surface area contributed by atoms with Gasteiger partial charge in [0.1, 0.15) is 11.6 Å². The second-order valence-corrected chi connectivity index (χ2v) is 15.5. The number of hydrogen-bond donors (Lipinski definition) is 0. The average molecular weight is 600 g/mol. The van der Waals surface area contributed by atoms with Gasteiger partial charge < -0.3 is 0 Å². The van der Waals surface area contributed by atoms with E-state index in [9.17, 15) is 0 Å². The summed E-state index contributed by atoms with van der Waals surface area (Å²) < 4.78 is 34.0. The van der Waals surface area contributed by atoms with Crippen molar-refractivity contribution in [2.24, 2.45) is 0 Å². The topological polar surface area (TPSA) is 3.24 Å². The van der Waals surface area contributed by atoms with E-state index in [1.54, 1.807) is 24.3 Å². The number of hydrogen-bond acceptors (Lipinski definition) is 1. The monoisotopic (exact) mass is 599 g/mol. The molecule has 2 atom stereocenters. The zero-order valence-electron chi connectivity index (χ0n) is 21.8. The Hall–Kier alpha value is -1.86. The molecule has 0 N–H and O–H groups in total. The Morgan fingerprint density at radius 2 is 1.21 bits per heavy atom. The maximum atomic E-state index is 15.8. The summed E-state index contributed by atoms with van der Waals surface area (Å²) in [6.07, 6.45) is 3.99. The van der Waals surface area contributed by atoms with Crippen molar-refractivity contribution in [3.63, 3.8) is 0 Å². The van der Waals surface area contributed by atoms with Gasteiger partial charge in [0.15, 0.2) is 0 Å². The van der Waals surface area contributed by atoms with Gasteiger partial charge in [-0.2, -0.15) is 0 Å². The summed E-state index contributed by atoms with van der Waals surface area (Å²) in [6, 6.07) is 30.9. The minimum absolute atomic E-state index is 0.291. The molecule has 202 valence electrons. The Kier molecular flexibility index (Phi) is 9.70. The van der Waals surface area contributed by atoms with Crippen LogP contribution in [0.5, 0.6) is 0 Å². The van der Waals surface area contributed by atoms with Crippen LogP contribution in [0, 0.1) is 11.6 Å². The molecule has 0 bridgehead atoms. The maximum Gasteiger partial charge on any atom is 0.133 e. The van der Waals surface area contributed by atoms with Crippen LogP contribution in [0.1, 0.15) is 55.1 Å². The molecule has 0 aromatic heterocycles. The first-order valence-electron chi connectivity index (χ1n) is 13.3. The molecule has 5 rings (SSSR count). The lowest BCUT2D eigenvalue weighted by molar-refractivity contribution is 0.617. The highest BCUT2D eigenvalue weighted by Gasteiger charge is 2.45. The van der Waals surface area contributed by atoms with E-state index >= 15 is 8.78 Å². The fraction of sp³-hybridized carbons (Fsp3) is 0.250. The summed E-state index contributed by atoms with van der Waals surface area (Å²) in [5.74, 6) is -0.794.